The number of pyridine rings is 1. The van der Waals surface area contributed by atoms with Crippen LogP contribution in [0.25, 0.3) is 5.65 Å². The molecule has 2 heterocycles. The number of aromatic nitrogens is 2. The standard InChI is InChI=1S/C9H8BrClN2/c1-6-8(5-11)13-4-2-3-7(10)9(13)12-6/h2-4H,5H2,1H3. The predicted molar refractivity (Wildman–Crippen MR) is 57.2 cm³/mol. The normalized spacial score (nSPS) is 11.0. The molecular formula is C9H8BrClN2. The molecule has 0 fully saturated rings. The number of halogens is 2. The van der Waals surface area contributed by atoms with E-state index in [9.17, 15) is 0 Å². The fraction of sp³-hybridized carbons (Fsp3) is 0.222. The second-order valence-electron chi connectivity index (χ2n) is 2.83. The summed E-state index contributed by atoms with van der Waals surface area (Å²) in [5.41, 5.74) is 2.97. The van der Waals surface area contributed by atoms with Crippen LogP contribution in [0.2, 0.25) is 0 Å². The molecule has 0 bridgehead atoms. The molecule has 0 aliphatic heterocycles. The van der Waals surface area contributed by atoms with Crippen molar-refractivity contribution in [3.05, 3.63) is 34.2 Å². The number of aryl methyl sites for hydroxylation is 1. The van der Waals surface area contributed by atoms with Gasteiger partial charge in [0, 0.05) is 6.20 Å². The first-order chi connectivity index (χ1) is 6.24. The van der Waals surface area contributed by atoms with Crippen molar-refractivity contribution >= 4 is 33.2 Å². The van der Waals surface area contributed by atoms with Crippen LogP contribution in [0.4, 0.5) is 0 Å². The van der Waals surface area contributed by atoms with Gasteiger partial charge in [0.05, 0.1) is 21.7 Å². The van der Waals surface area contributed by atoms with E-state index < -0.39 is 0 Å². The zero-order chi connectivity index (χ0) is 9.42. The molecule has 2 rings (SSSR count). The van der Waals surface area contributed by atoms with Gasteiger partial charge >= 0.3 is 0 Å². The Morgan fingerprint density at radius 2 is 2.38 bits per heavy atom. The van der Waals surface area contributed by atoms with E-state index in [2.05, 4.69) is 20.9 Å². The lowest BCUT2D eigenvalue weighted by molar-refractivity contribution is 1.07. The number of alkyl halides is 1. The third-order valence-electron chi connectivity index (χ3n) is 2.03. The molecule has 2 aromatic rings. The molecule has 0 aliphatic carbocycles. The van der Waals surface area contributed by atoms with Crippen molar-refractivity contribution in [2.45, 2.75) is 12.8 Å². The van der Waals surface area contributed by atoms with E-state index >= 15 is 0 Å². The molecule has 0 aromatic carbocycles. The van der Waals surface area contributed by atoms with Gasteiger partial charge in [0.15, 0.2) is 5.65 Å². The minimum atomic E-state index is 0.490. The van der Waals surface area contributed by atoms with E-state index in [0.29, 0.717) is 5.88 Å². The minimum Gasteiger partial charge on any atom is -0.302 e. The van der Waals surface area contributed by atoms with E-state index in [0.717, 1.165) is 21.5 Å². The Morgan fingerprint density at radius 1 is 1.62 bits per heavy atom. The van der Waals surface area contributed by atoms with Crippen molar-refractivity contribution in [1.82, 2.24) is 9.38 Å². The van der Waals surface area contributed by atoms with Gasteiger partial charge in [-0.15, -0.1) is 11.6 Å². The summed E-state index contributed by atoms with van der Waals surface area (Å²) in [4.78, 5) is 4.42. The summed E-state index contributed by atoms with van der Waals surface area (Å²) >= 11 is 9.28. The predicted octanol–water partition coefficient (Wildman–Crippen LogP) is 3.14. The highest BCUT2D eigenvalue weighted by atomic mass is 79.9. The van der Waals surface area contributed by atoms with Gasteiger partial charge in [-0.1, -0.05) is 0 Å². The Kier molecular flexibility index (Phi) is 2.30. The monoisotopic (exact) mass is 258 g/mol. The Labute approximate surface area is 89.7 Å². The van der Waals surface area contributed by atoms with Gasteiger partial charge in [0.1, 0.15) is 0 Å². The Morgan fingerprint density at radius 3 is 3.08 bits per heavy atom. The van der Waals surface area contributed by atoms with Crippen molar-refractivity contribution < 1.29 is 0 Å². The smallest absolute Gasteiger partial charge is 0.151 e. The van der Waals surface area contributed by atoms with Crippen LogP contribution >= 0.6 is 27.5 Å². The molecule has 0 saturated heterocycles. The summed E-state index contributed by atoms with van der Waals surface area (Å²) < 4.78 is 3.00. The number of hydrogen-bond donors (Lipinski definition) is 0. The summed E-state index contributed by atoms with van der Waals surface area (Å²) in [7, 11) is 0. The first-order valence-electron chi connectivity index (χ1n) is 3.92. The fourth-order valence-electron chi connectivity index (χ4n) is 1.36. The third-order valence-corrected chi connectivity index (χ3v) is 2.90. The quantitative estimate of drug-likeness (QED) is 0.719. The summed E-state index contributed by atoms with van der Waals surface area (Å²) in [6.07, 6.45) is 1.97. The van der Waals surface area contributed by atoms with Gasteiger partial charge < -0.3 is 4.40 Å². The molecule has 0 N–H and O–H groups in total. The lowest BCUT2D eigenvalue weighted by atomic mass is 10.4. The van der Waals surface area contributed by atoms with Crippen molar-refractivity contribution in [3.8, 4) is 0 Å². The molecule has 0 atom stereocenters. The third kappa shape index (κ3) is 1.36. The molecule has 2 nitrogen and oxygen atoms in total. The highest BCUT2D eigenvalue weighted by Crippen LogP contribution is 2.20. The molecule has 0 amide bonds. The maximum atomic E-state index is 5.83. The van der Waals surface area contributed by atoms with Crippen LogP contribution in [-0.4, -0.2) is 9.38 Å². The van der Waals surface area contributed by atoms with Crippen LogP contribution < -0.4 is 0 Å². The van der Waals surface area contributed by atoms with Gasteiger partial charge in [-0.25, -0.2) is 4.98 Å². The first kappa shape index (κ1) is 9.03. The number of imidazole rings is 1. The van der Waals surface area contributed by atoms with Crippen molar-refractivity contribution in [2.75, 3.05) is 0 Å². The summed E-state index contributed by atoms with van der Waals surface area (Å²) in [6.45, 7) is 1.97. The zero-order valence-electron chi connectivity index (χ0n) is 7.09. The molecule has 4 heteroatoms. The van der Waals surface area contributed by atoms with Gasteiger partial charge in [-0.2, -0.15) is 0 Å². The van der Waals surface area contributed by atoms with Crippen molar-refractivity contribution in [1.29, 1.82) is 0 Å². The largest absolute Gasteiger partial charge is 0.302 e. The fourth-order valence-corrected chi connectivity index (χ4v) is 2.11. The van der Waals surface area contributed by atoms with E-state index in [1.807, 2.05) is 29.7 Å². The lowest BCUT2D eigenvalue weighted by Crippen LogP contribution is -1.90. The number of rotatable bonds is 1. The van der Waals surface area contributed by atoms with Gasteiger partial charge in [-0.05, 0) is 35.0 Å². The first-order valence-corrected chi connectivity index (χ1v) is 5.25. The number of hydrogen-bond acceptors (Lipinski definition) is 1. The summed E-state index contributed by atoms with van der Waals surface area (Å²) in [5, 5.41) is 0. The average Bonchev–Trinajstić information content (AvgIpc) is 2.43. The van der Waals surface area contributed by atoms with Crippen LogP contribution in [-0.2, 0) is 5.88 Å². The zero-order valence-corrected chi connectivity index (χ0v) is 9.43. The number of fused-ring (bicyclic) bond motifs is 1. The van der Waals surface area contributed by atoms with E-state index in [-0.39, 0.29) is 0 Å². The lowest BCUT2D eigenvalue weighted by Gasteiger charge is -1.98. The van der Waals surface area contributed by atoms with E-state index in [1.165, 1.54) is 0 Å². The van der Waals surface area contributed by atoms with Gasteiger partial charge in [0.25, 0.3) is 0 Å². The molecule has 68 valence electrons. The Hall–Kier alpha value is -0.540. The average molecular weight is 260 g/mol. The molecule has 13 heavy (non-hydrogen) atoms. The highest BCUT2D eigenvalue weighted by molar-refractivity contribution is 9.10. The van der Waals surface area contributed by atoms with Gasteiger partial charge in [-0.3, -0.25) is 0 Å². The maximum Gasteiger partial charge on any atom is 0.151 e. The van der Waals surface area contributed by atoms with Gasteiger partial charge in [0.2, 0.25) is 0 Å². The van der Waals surface area contributed by atoms with Crippen LogP contribution in [0.15, 0.2) is 22.8 Å². The van der Waals surface area contributed by atoms with Crippen LogP contribution in [0, 0.1) is 6.92 Å². The molecule has 0 spiro atoms. The SMILES string of the molecule is Cc1nc2c(Br)cccn2c1CCl. The Bertz CT molecular complexity index is 450. The van der Waals surface area contributed by atoms with E-state index in [4.69, 9.17) is 11.6 Å². The molecule has 0 radical (unpaired) electrons. The second-order valence-corrected chi connectivity index (χ2v) is 3.95. The van der Waals surface area contributed by atoms with Crippen LogP contribution in [0.3, 0.4) is 0 Å². The summed E-state index contributed by atoms with van der Waals surface area (Å²) in [5.74, 6) is 0.490. The second kappa shape index (κ2) is 3.31. The topological polar surface area (TPSA) is 17.3 Å². The molecule has 0 saturated carbocycles. The minimum absolute atomic E-state index is 0.490. The molecular weight excluding hydrogens is 251 g/mol. The highest BCUT2D eigenvalue weighted by Gasteiger charge is 2.08. The van der Waals surface area contributed by atoms with Crippen molar-refractivity contribution in [3.63, 3.8) is 0 Å². The van der Waals surface area contributed by atoms with Crippen LogP contribution in [0.5, 0.6) is 0 Å². The van der Waals surface area contributed by atoms with Crippen LogP contribution in [0.1, 0.15) is 11.4 Å². The number of nitrogens with zero attached hydrogens (tertiary/aromatic N) is 2. The molecule has 0 aliphatic rings. The summed E-state index contributed by atoms with van der Waals surface area (Å²) in [6, 6.07) is 3.94. The van der Waals surface area contributed by atoms with E-state index in [1.54, 1.807) is 0 Å². The molecule has 0 unspecified atom stereocenters. The molecule has 2 aromatic heterocycles. The Balaban J connectivity index is 2.86. The maximum absolute atomic E-state index is 5.83. The van der Waals surface area contributed by atoms with Crippen molar-refractivity contribution in [2.24, 2.45) is 0 Å².